The van der Waals surface area contributed by atoms with E-state index in [1.165, 1.54) is 0 Å². The van der Waals surface area contributed by atoms with Gasteiger partial charge in [0.1, 0.15) is 0 Å². The quantitative estimate of drug-likeness (QED) is 0.772. The van der Waals surface area contributed by atoms with Crippen molar-refractivity contribution < 1.29 is 4.79 Å². The number of aryl methyl sites for hydroxylation is 1. The number of nitrogens with two attached hydrogens (primary N) is 1. The normalized spacial score (nSPS) is 22.8. The standard InChI is InChI=1S/C12H16ClN5O/c1-7-10(14)11(16-12(13)15-7)17-4-5-18-8(6-17)2-3-9(18)19/h8H,2-6,14H2,1H3. The van der Waals surface area contributed by atoms with Crippen LogP contribution in [-0.2, 0) is 4.79 Å². The zero-order chi connectivity index (χ0) is 13.6. The fraction of sp³-hybridized carbons (Fsp3) is 0.583. The van der Waals surface area contributed by atoms with E-state index in [2.05, 4.69) is 14.9 Å². The van der Waals surface area contributed by atoms with Crippen LogP contribution in [0.3, 0.4) is 0 Å². The molecular weight excluding hydrogens is 266 g/mol. The van der Waals surface area contributed by atoms with Crippen molar-refractivity contribution >= 4 is 29.0 Å². The van der Waals surface area contributed by atoms with Gasteiger partial charge in [-0.2, -0.15) is 4.98 Å². The Morgan fingerprint density at radius 2 is 2.16 bits per heavy atom. The number of halogens is 1. The van der Waals surface area contributed by atoms with Gasteiger partial charge in [-0.15, -0.1) is 0 Å². The molecule has 0 bridgehead atoms. The van der Waals surface area contributed by atoms with Crippen LogP contribution in [-0.4, -0.2) is 46.5 Å². The SMILES string of the molecule is Cc1nc(Cl)nc(N2CCN3C(=O)CCC3C2)c1N. The van der Waals surface area contributed by atoms with Crippen molar-refractivity contribution in [2.24, 2.45) is 0 Å². The summed E-state index contributed by atoms with van der Waals surface area (Å²) in [7, 11) is 0. The third kappa shape index (κ3) is 2.10. The number of carbonyl (C=O) groups excluding carboxylic acids is 1. The molecular formula is C12H16ClN5O. The van der Waals surface area contributed by atoms with Crippen molar-refractivity contribution in [3.8, 4) is 0 Å². The van der Waals surface area contributed by atoms with Crippen LogP contribution in [0.2, 0.25) is 5.28 Å². The molecule has 0 saturated carbocycles. The zero-order valence-corrected chi connectivity index (χ0v) is 11.5. The summed E-state index contributed by atoms with van der Waals surface area (Å²) in [5.41, 5.74) is 7.31. The lowest BCUT2D eigenvalue weighted by Gasteiger charge is -2.38. The topological polar surface area (TPSA) is 75.4 Å². The van der Waals surface area contributed by atoms with Gasteiger partial charge in [-0.05, 0) is 24.9 Å². The number of carbonyl (C=O) groups is 1. The highest BCUT2D eigenvalue weighted by Gasteiger charge is 2.36. The third-order valence-electron chi connectivity index (χ3n) is 3.88. The number of amides is 1. The van der Waals surface area contributed by atoms with E-state index in [-0.39, 0.29) is 17.2 Å². The van der Waals surface area contributed by atoms with Gasteiger partial charge in [0.15, 0.2) is 5.82 Å². The van der Waals surface area contributed by atoms with E-state index in [9.17, 15) is 4.79 Å². The predicted molar refractivity (Wildman–Crippen MR) is 73.1 cm³/mol. The van der Waals surface area contributed by atoms with Gasteiger partial charge in [0.25, 0.3) is 0 Å². The predicted octanol–water partition coefficient (Wildman–Crippen LogP) is 0.832. The van der Waals surface area contributed by atoms with E-state index >= 15 is 0 Å². The van der Waals surface area contributed by atoms with Crippen LogP contribution >= 0.6 is 11.6 Å². The molecule has 7 heteroatoms. The molecule has 3 rings (SSSR count). The van der Waals surface area contributed by atoms with Crippen LogP contribution in [0.5, 0.6) is 0 Å². The lowest BCUT2D eigenvalue weighted by atomic mass is 10.1. The number of nitrogen functional groups attached to an aromatic ring is 1. The Morgan fingerprint density at radius 1 is 1.37 bits per heavy atom. The maximum absolute atomic E-state index is 11.7. The Labute approximate surface area is 116 Å². The summed E-state index contributed by atoms with van der Waals surface area (Å²) < 4.78 is 0. The number of hydrogen-bond donors (Lipinski definition) is 1. The Balaban J connectivity index is 1.86. The fourth-order valence-corrected chi connectivity index (χ4v) is 3.04. The van der Waals surface area contributed by atoms with Crippen LogP contribution in [0.4, 0.5) is 11.5 Å². The van der Waals surface area contributed by atoms with Gasteiger partial charge >= 0.3 is 0 Å². The first-order valence-electron chi connectivity index (χ1n) is 6.40. The lowest BCUT2D eigenvalue weighted by Crippen LogP contribution is -2.52. The second-order valence-electron chi connectivity index (χ2n) is 5.04. The molecule has 2 aliphatic heterocycles. The smallest absolute Gasteiger partial charge is 0.224 e. The van der Waals surface area contributed by atoms with E-state index in [0.717, 1.165) is 26.1 Å². The van der Waals surface area contributed by atoms with E-state index in [1.807, 2.05) is 11.8 Å². The minimum Gasteiger partial charge on any atom is -0.394 e. The third-order valence-corrected chi connectivity index (χ3v) is 4.05. The summed E-state index contributed by atoms with van der Waals surface area (Å²) in [5.74, 6) is 0.950. The van der Waals surface area contributed by atoms with Gasteiger partial charge in [-0.3, -0.25) is 4.79 Å². The number of aromatic nitrogens is 2. The number of nitrogens with zero attached hydrogens (tertiary/aromatic N) is 4. The van der Waals surface area contributed by atoms with Crippen molar-refractivity contribution in [1.82, 2.24) is 14.9 Å². The molecule has 2 fully saturated rings. The molecule has 0 aromatic carbocycles. The van der Waals surface area contributed by atoms with E-state index in [1.54, 1.807) is 0 Å². The van der Waals surface area contributed by atoms with Crippen LogP contribution in [0.25, 0.3) is 0 Å². The lowest BCUT2D eigenvalue weighted by molar-refractivity contribution is -0.129. The highest BCUT2D eigenvalue weighted by molar-refractivity contribution is 6.28. The number of piperazine rings is 1. The molecule has 2 saturated heterocycles. The summed E-state index contributed by atoms with van der Waals surface area (Å²) in [6.07, 6.45) is 1.56. The highest BCUT2D eigenvalue weighted by atomic mass is 35.5. The first-order chi connectivity index (χ1) is 9.06. The molecule has 2 N–H and O–H groups in total. The highest BCUT2D eigenvalue weighted by Crippen LogP contribution is 2.29. The Kier molecular flexibility index (Phi) is 2.97. The summed E-state index contributed by atoms with van der Waals surface area (Å²) in [4.78, 5) is 24.0. The van der Waals surface area contributed by atoms with Crippen molar-refractivity contribution in [2.75, 3.05) is 30.3 Å². The minimum absolute atomic E-state index is 0.214. The second kappa shape index (κ2) is 4.52. The van der Waals surface area contributed by atoms with Crippen LogP contribution in [0, 0.1) is 6.92 Å². The van der Waals surface area contributed by atoms with Crippen LogP contribution in [0.15, 0.2) is 0 Å². The summed E-state index contributed by atoms with van der Waals surface area (Å²) in [6, 6.07) is 0.273. The summed E-state index contributed by atoms with van der Waals surface area (Å²) in [5, 5.41) is 0.214. The molecule has 19 heavy (non-hydrogen) atoms. The van der Waals surface area contributed by atoms with Crippen LogP contribution < -0.4 is 10.6 Å². The summed E-state index contributed by atoms with van der Waals surface area (Å²) >= 11 is 5.91. The van der Waals surface area contributed by atoms with E-state index < -0.39 is 0 Å². The zero-order valence-electron chi connectivity index (χ0n) is 10.8. The minimum atomic E-state index is 0.214. The van der Waals surface area contributed by atoms with Gasteiger partial charge in [0.2, 0.25) is 11.2 Å². The maximum atomic E-state index is 11.7. The number of fused-ring (bicyclic) bond motifs is 1. The van der Waals surface area contributed by atoms with Gasteiger partial charge in [0, 0.05) is 32.1 Å². The molecule has 1 atom stereocenters. The number of rotatable bonds is 1. The molecule has 0 spiro atoms. The molecule has 1 amide bonds. The molecule has 0 radical (unpaired) electrons. The monoisotopic (exact) mass is 281 g/mol. The molecule has 1 aromatic heterocycles. The first-order valence-corrected chi connectivity index (χ1v) is 6.78. The molecule has 0 aliphatic carbocycles. The largest absolute Gasteiger partial charge is 0.394 e. The first kappa shape index (κ1) is 12.5. The van der Waals surface area contributed by atoms with E-state index in [0.29, 0.717) is 23.6 Å². The molecule has 6 nitrogen and oxygen atoms in total. The summed E-state index contributed by atoms with van der Waals surface area (Å²) in [6.45, 7) is 4.05. The average Bonchev–Trinajstić information content (AvgIpc) is 2.75. The Bertz CT molecular complexity index is 535. The van der Waals surface area contributed by atoms with Gasteiger partial charge in [-0.25, -0.2) is 4.98 Å². The van der Waals surface area contributed by atoms with Gasteiger partial charge in [0.05, 0.1) is 11.4 Å². The molecule has 3 heterocycles. The van der Waals surface area contributed by atoms with Crippen molar-refractivity contribution in [3.63, 3.8) is 0 Å². The molecule has 102 valence electrons. The Morgan fingerprint density at radius 3 is 2.95 bits per heavy atom. The Hall–Kier alpha value is -1.56. The van der Waals surface area contributed by atoms with Gasteiger partial charge < -0.3 is 15.5 Å². The average molecular weight is 282 g/mol. The van der Waals surface area contributed by atoms with E-state index in [4.69, 9.17) is 17.3 Å². The second-order valence-corrected chi connectivity index (χ2v) is 5.38. The number of hydrogen-bond acceptors (Lipinski definition) is 5. The molecule has 1 unspecified atom stereocenters. The molecule has 2 aliphatic rings. The maximum Gasteiger partial charge on any atom is 0.224 e. The fourth-order valence-electron chi connectivity index (χ4n) is 2.83. The van der Waals surface area contributed by atoms with Crippen LogP contribution in [0.1, 0.15) is 18.5 Å². The molecule has 1 aromatic rings. The number of anilines is 2. The van der Waals surface area contributed by atoms with Crippen molar-refractivity contribution in [3.05, 3.63) is 11.0 Å². The van der Waals surface area contributed by atoms with Crippen molar-refractivity contribution in [1.29, 1.82) is 0 Å². The van der Waals surface area contributed by atoms with Gasteiger partial charge in [-0.1, -0.05) is 0 Å². The van der Waals surface area contributed by atoms with Crippen molar-refractivity contribution in [2.45, 2.75) is 25.8 Å².